The Labute approximate surface area is 209 Å². The molecule has 2 N–H and O–H groups in total. The van der Waals surface area contributed by atoms with Crippen LogP contribution >= 0.6 is 47.0 Å². The Morgan fingerprint density at radius 1 is 1.06 bits per heavy atom. The van der Waals surface area contributed by atoms with Crippen molar-refractivity contribution in [1.82, 2.24) is 10.3 Å². The number of anilines is 1. The first kappa shape index (κ1) is 23.3. The first-order valence-electron chi connectivity index (χ1n) is 9.68. The van der Waals surface area contributed by atoms with E-state index in [0.29, 0.717) is 43.5 Å². The highest BCUT2D eigenvalue weighted by Crippen LogP contribution is 2.29. The van der Waals surface area contributed by atoms with Gasteiger partial charge in [-0.1, -0.05) is 40.9 Å². The fraction of sp³-hybridized carbons (Fsp3) is 0.0870. The number of aromatic nitrogens is 1. The minimum absolute atomic E-state index is 0.107. The summed E-state index contributed by atoms with van der Waals surface area (Å²) < 4.78 is 11.4. The third kappa shape index (κ3) is 5.75. The molecule has 1 atom stereocenters. The van der Waals surface area contributed by atoms with Crippen molar-refractivity contribution in [2.45, 2.75) is 13.0 Å². The lowest BCUT2D eigenvalue weighted by Crippen LogP contribution is -2.42. The largest absolute Gasteiger partial charge is 0.479 e. The van der Waals surface area contributed by atoms with Crippen LogP contribution in [0.3, 0.4) is 0 Å². The predicted octanol–water partition coefficient (Wildman–Crippen LogP) is 6.74. The van der Waals surface area contributed by atoms with Crippen molar-refractivity contribution in [3.63, 3.8) is 0 Å². The van der Waals surface area contributed by atoms with Gasteiger partial charge in [0.25, 0.3) is 5.91 Å². The van der Waals surface area contributed by atoms with E-state index in [2.05, 4.69) is 15.6 Å². The van der Waals surface area contributed by atoms with Crippen LogP contribution in [0.15, 0.2) is 65.1 Å². The van der Waals surface area contributed by atoms with Crippen molar-refractivity contribution >= 4 is 74.8 Å². The van der Waals surface area contributed by atoms with Gasteiger partial charge in [0.1, 0.15) is 11.3 Å². The number of nitrogens with zero attached hydrogens (tertiary/aromatic N) is 1. The van der Waals surface area contributed by atoms with Crippen LogP contribution in [0.5, 0.6) is 5.75 Å². The van der Waals surface area contributed by atoms with E-state index in [1.165, 1.54) is 6.07 Å². The molecular formula is C23H16Cl3N3O3S. The van der Waals surface area contributed by atoms with Crippen LogP contribution in [-0.4, -0.2) is 22.1 Å². The van der Waals surface area contributed by atoms with Gasteiger partial charge in [-0.05, 0) is 73.7 Å². The van der Waals surface area contributed by atoms with Gasteiger partial charge >= 0.3 is 0 Å². The molecule has 1 heterocycles. The normalized spacial score (nSPS) is 11.8. The van der Waals surface area contributed by atoms with E-state index >= 15 is 0 Å². The molecule has 0 spiro atoms. The zero-order chi connectivity index (χ0) is 23.5. The summed E-state index contributed by atoms with van der Waals surface area (Å²) in [6.07, 6.45) is -0.846. The minimum atomic E-state index is -0.846. The molecule has 0 saturated heterocycles. The number of hydrogen-bond acceptors (Lipinski definition) is 5. The number of halogens is 3. The highest BCUT2D eigenvalue weighted by atomic mass is 35.5. The quantitative estimate of drug-likeness (QED) is 0.284. The van der Waals surface area contributed by atoms with Crippen molar-refractivity contribution in [2.75, 3.05) is 5.32 Å². The van der Waals surface area contributed by atoms with Crippen LogP contribution < -0.4 is 15.4 Å². The van der Waals surface area contributed by atoms with Crippen LogP contribution in [0.4, 0.5) is 5.69 Å². The van der Waals surface area contributed by atoms with E-state index in [9.17, 15) is 4.79 Å². The second kappa shape index (κ2) is 9.97. The van der Waals surface area contributed by atoms with Crippen LogP contribution in [0.2, 0.25) is 15.1 Å². The van der Waals surface area contributed by atoms with Gasteiger partial charge in [-0.3, -0.25) is 10.1 Å². The maximum atomic E-state index is 12.5. The van der Waals surface area contributed by atoms with Crippen molar-refractivity contribution in [2.24, 2.45) is 0 Å². The molecule has 6 nitrogen and oxygen atoms in total. The number of thiocarbonyl (C=S) groups is 1. The number of amides is 1. The van der Waals surface area contributed by atoms with E-state index in [0.717, 1.165) is 5.56 Å². The summed E-state index contributed by atoms with van der Waals surface area (Å²) in [7, 11) is 0. The molecule has 4 aromatic rings. The van der Waals surface area contributed by atoms with Gasteiger partial charge in [0.05, 0.1) is 5.02 Å². The Kier molecular flexibility index (Phi) is 7.05. The van der Waals surface area contributed by atoms with Gasteiger partial charge < -0.3 is 14.5 Å². The predicted molar refractivity (Wildman–Crippen MR) is 135 cm³/mol. The van der Waals surface area contributed by atoms with Crippen LogP contribution in [0.25, 0.3) is 22.6 Å². The number of rotatable bonds is 5. The summed E-state index contributed by atoms with van der Waals surface area (Å²) in [5.41, 5.74) is 2.63. The molecule has 0 aliphatic rings. The first-order valence-corrected chi connectivity index (χ1v) is 11.2. The molecule has 10 heteroatoms. The Hall–Kier alpha value is -2.84. The smallest absolute Gasteiger partial charge is 0.266 e. The van der Waals surface area contributed by atoms with E-state index in [1.54, 1.807) is 49.4 Å². The van der Waals surface area contributed by atoms with Crippen molar-refractivity contribution in [3.8, 4) is 17.2 Å². The van der Waals surface area contributed by atoms with Crippen molar-refractivity contribution in [3.05, 3.63) is 75.7 Å². The SMILES string of the molecule is CC(Oc1ccc(Cl)cc1Cl)C(=O)NC(=S)Nc1ccc2oc(-c3cccc(Cl)c3)nc2c1. The number of benzene rings is 3. The fourth-order valence-electron chi connectivity index (χ4n) is 2.94. The number of fused-ring (bicyclic) bond motifs is 1. The average molecular weight is 521 g/mol. The minimum Gasteiger partial charge on any atom is -0.479 e. The molecule has 1 amide bonds. The number of carbonyl (C=O) groups excluding carboxylic acids is 1. The van der Waals surface area contributed by atoms with Crippen molar-refractivity contribution < 1.29 is 13.9 Å². The Balaban J connectivity index is 1.40. The third-order valence-electron chi connectivity index (χ3n) is 4.52. The zero-order valence-electron chi connectivity index (χ0n) is 17.1. The van der Waals surface area contributed by atoms with Gasteiger partial charge in [-0.15, -0.1) is 0 Å². The van der Waals surface area contributed by atoms with Crippen LogP contribution in [0.1, 0.15) is 6.92 Å². The van der Waals surface area contributed by atoms with Crippen LogP contribution in [0, 0.1) is 0 Å². The standard InChI is InChI=1S/C23H16Cl3N3O3S/c1-12(31-19-7-5-15(25)10-17(19)26)21(30)29-23(33)27-16-6-8-20-18(11-16)28-22(32-20)13-3-2-4-14(24)9-13/h2-12H,1H3,(H2,27,29,30,33). The molecule has 0 radical (unpaired) electrons. The van der Waals surface area contributed by atoms with E-state index in [-0.39, 0.29) is 5.11 Å². The molecule has 0 bridgehead atoms. The van der Waals surface area contributed by atoms with Crippen LogP contribution in [-0.2, 0) is 4.79 Å². The second-order valence-electron chi connectivity index (χ2n) is 6.99. The molecule has 1 aromatic heterocycles. The number of nitrogens with one attached hydrogen (secondary N) is 2. The van der Waals surface area contributed by atoms with Crippen molar-refractivity contribution in [1.29, 1.82) is 0 Å². The molecule has 0 aliphatic carbocycles. The lowest BCUT2D eigenvalue weighted by Gasteiger charge is -2.16. The number of ether oxygens (including phenoxy) is 1. The summed E-state index contributed by atoms with van der Waals surface area (Å²) in [6.45, 7) is 1.59. The maximum absolute atomic E-state index is 12.5. The zero-order valence-corrected chi connectivity index (χ0v) is 20.1. The molecule has 168 valence electrons. The highest BCUT2D eigenvalue weighted by Gasteiger charge is 2.18. The molecular weight excluding hydrogens is 505 g/mol. The maximum Gasteiger partial charge on any atom is 0.266 e. The summed E-state index contributed by atoms with van der Waals surface area (Å²) in [6, 6.07) is 17.3. The highest BCUT2D eigenvalue weighted by molar-refractivity contribution is 7.80. The third-order valence-corrected chi connectivity index (χ3v) is 5.49. The Morgan fingerprint density at radius 3 is 2.61 bits per heavy atom. The van der Waals surface area contributed by atoms with Gasteiger partial charge in [0.2, 0.25) is 5.89 Å². The number of carbonyl (C=O) groups is 1. The monoisotopic (exact) mass is 519 g/mol. The lowest BCUT2D eigenvalue weighted by molar-refractivity contribution is -0.125. The fourth-order valence-corrected chi connectivity index (χ4v) is 3.80. The first-order chi connectivity index (χ1) is 15.8. The van der Waals surface area contributed by atoms with Gasteiger partial charge in [0, 0.05) is 21.3 Å². The molecule has 0 aliphatic heterocycles. The summed E-state index contributed by atoms with van der Waals surface area (Å²) >= 11 is 23.3. The molecule has 0 fully saturated rings. The Morgan fingerprint density at radius 2 is 1.85 bits per heavy atom. The second-order valence-corrected chi connectivity index (χ2v) is 8.68. The van der Waals surface area contributed by atoms with E-state index < -0.39 is 12.0 Å². The van der Waals surface area contributed by atoms with Gasteiger partial charge in [-0.25, -0.2) is 4.98 Å². The molecule has 3 aromatic carbocycles. The Bertz CT molecular complexity index is 1360. The number of hydrogen-bond donors (Lipinski definition) is 2. The molecule has 0 saturated carbocycles. The topological polar surface area (TPSA) is 76.4 Å². The molecule has 33 heavy (non-hydrogen) atoms. The molecule has 4 rings (SSSR count). The molecule has 1 unspecified atom stereocenters. The average Bonchev–Trinajstić information content (AvgIpc) is 3.19. The summed E-state index contributed by atoms with van der Waals surface area (Å²) in [5, 5.41) is 7.03. The summed E-state index contributed by atoms with van der Waals surface area (Å²) in [5.74, 6) is 0.353. The lowest BCUT2D eigenvalue weighted by atomic mass is 10.2. The van der Waals surface area contributed by atoms with E-state index in [4.69, 9.17) is 56.2 Å². The number of oxazole rings is 1. The van der Waals surface area contributed by atoms with Gasteiger partial charge in [-0.2, -0.15) is 0 Å². The summed E-state index contributed by atoms with van der Waals surface area (Å²) in [4.78, 5) is 17.0. The van der Waals surface area contributed by atoms with E-state index in [1.807, 2.05) is 12.1 Å². The van der Waals surface area contributed by atoms with Gasteiger partial charge in [0.15, 0.2) is 16.8 Å².